The number of hydrogen-bond donors (Lipinski definition) is 1. The zero-order valence-corrected chi connectivity index (χ0v) is 19.3. The number of amides is 2. The molecule has 0 bridgehead atoms. The van der Waals surface area contributed by atoms with Crippen LogP contribution in [0.1, 0.15) is 28.4 Å². The number of ether oxygens (including phenoxy) is 2. The van der Waals surface area contributed by atoms with Gasteiger partial charge in [0.25, 0.3) is 11.1 Å². The lowest BCUT2D eigenvalue weighted by Gasteiger charge is -2.12. The molecule has 0 unspecified atom stereocenters. The van der Waals surface area contributed by atoms with Gasteiger partial charge >= 0.3 is 11.9 Å². The van der Waals surface area contributed by atoms with Crippen LogP contribution in [-0.4, -0.2) is 46.2 Å². The molecule has 166 valence electrons. The van der Waals surface area contributed by atoms with Crippen molar-refractivity contribution in [1.29, 1.82) is 0 Å². The van der Waals surface area contributed by atoms with Crippen molar-refractivity contribution in [2.24, 2.45) is 0 Å². The predicted molar refractivity (Wildman–Crippen MR) is 121 cm³/mol. The summed E-state index contributed by atoms with van der Waals surface area (Å²) in [5.74, 6) is -1.78. The number of nitrogens with zero attached hydrogens (tertiary/aromatic N) is 1. The second kappa shape index (κ2) is 10.5. The summed E-state index contributed by atoms with van der Waals surface area (Å²) < 4.78 is 11.4. The molecule has 0 radical (unpaired) electrons. The summed E-state index contributed by atoms with van der Waals surface area (Å²) in [4.78, 5) is 48.5. The molecule has 0 saturated carbocycles. The molecule has 0 aromatic heterocycles. The van der Waals surface area contributed by atoms with Crippen LogP contribution < -0.4 is 4.74 Å². The molecule has 1 saturated heterocycles. The van der Waals surface area contributed by atoms with Gasteiger partial charge < -0.3 is 14.6 Å². The highest BCUT2D eigenvalue weighted by Crippen LogP contribution is 2.35. The Morgan fingerprint density at radius 1 is 1.16 bits per heavy atom. The van der Waals surface area contributed by atoms with E-state index in [1.54, 1.807) is 37.3 Å². The maximum absolute atomic E-state index is 12.6. The molecular weight excluding hydrogens is 502 g/mol. The van der Waals surface area contributed by atoms with E-state index in [-0.39, 0.29) is 23.7 Å². The smallest absolute Gasteiger partial charge is 0.335 e. The lowest BCUT2D eigenvalue weighted by molar-refractivity contribution is -0.145. The number of halogens is 1. The van der Waals surface area contributed by atoms with E-state index >= 15 is 0 Å². The Balaban J connectivity index is 1.78. The molecule has 3 rings (SSSR count). The summed E-state index contributed by atoms with van der Waals surface area (Å²) in [7, 11) is 0. The Morgan fingerprint density at radius 2 is 1.88 bits per heavy atom. The lowest BCUT2D eigenvalue weighted by atomic mass is 10.1. The summed E-state index contributed by atoms with van der Waals surface area (Å²) >= 11 is 4.12. The number of carbonyl (C=O) groups excluding carboxylic acids is 3. The minimum Gasteiger partial charge on any atom is -0.488 e. The number of benzene rings is 2. The molecule has 1 heterocycles. The Hall–Kier alpha value is -3.11. The Morgan fingerprint density at radius 3 is 2.53 bits per heavy atom. The van der Waals surface area contributed by atoms with Crippen molar-refractivity contribution in [2.75, 3.05) is 13.2 Å². The van der Waals surface area contributed by atoms with E-state index in [2.05, 4.69) is 15.9 Å². The predicted octanol–water partition coefficient (Wildman–Crippen LogP) is 4.33. The molecule has 0 atom stereocenters. The van der Waals surface area contributed by atoms with Crippen molar-refractivity contribution >= 4 is 56.9 Å². The van der Waals surface area contributed by atoms with Crippen LogP contribution >= 0.6 is 27.7 Å². The molecule has 1 N–H and O–H groups in total. The van der Waals surface area contributed by atoms with Crippen molar-refractivity contribution in [3.8, 4) is 5.75 Å². The molecule has 8 nitrogen and oxygen atoms in total. The number of esters is 1. The van der Waals surface area contributed by atoms with Crippen molar-refractivity contribution < 1.29 is 33.8 Å². The normalized spacial score (nSPS) is 14.7. The highest BCUT2D eigenvalue weighted by atomic mass is 79.9. The molecule has 2 aromatic carbocycles. The summed E-state index contributed by atoms with van der Waals surface area (Å²) in [6, 6.07) is 11.5. The Labute approximate surface area is 196 Å². The standard InChI is InChI=1S/C22H18BrNO7S/c1-2-30-19(25)11-24-20(26)18(32-22(24)29)10-15-9-16(23)7-8-17(15)31-12-13-3-5-14(6-4-13)21(27)28/h3-10H,2,11-12H2,1H3,(H,27,28)/b18-10+. The number of thioether (sulfide) groups is 1. The number of rotatable bonds is 8. The van der Waals surface area contributed by atoms with Crippen LogP contribution in [0, 0.1) is 0 Å². The van der Waals surface area contributed by atoms with Gasteiger partial charge in [-0.2, -0.15) is 0 Å². The first-order chi connectivity index (χ1) is 15.3. The van der Waals surface area contributed by atoms with Gasteiger partial charge in [-0.15, -0.1) is 0 Å². The van der Waals surface area contributed by atoms with E-state index in [0.29, 0.717) is 11.3 Å². The Bertz CT molecular complexity index is 1100. The van der Waals surface area contributed by atoms with Gasteiger partial charge in [0.1, 0.15) is 18.9 Å². The van der Waals surface area contributed by atoms with Crippen LogP contribution in [0.3, 0.4) is 0 Å². The fourth-order valence-corrected chi connectivity index (χ4v) is 3.99. The average Bonchev–Trinajstić information content (AvgIpc) is 3.01. The minimum atomic E-state index is -1.01. The minimum absolute atomic E-state index is 0.155. The topological polar surface area (TPSA) is 110 Å². The molecule has 1 fully saturated rings. The third kappa shape index (κ3) is 5.77. The molecule has 1 aliphatic heterocycles. The van der Waals surface area contributed by atoms with Gasteiger partial charge in [-0.25, -0.2) is 4.79 Å². The van der Waals surface area contributed by atoms with Crippen LogP contribution in [0.2, 0.25) is 0 Å². The van der Waals surface area contributed by atoms with Gasteiger partial charge in [-0.1, -0.05) is 28.1 Å². The molecule has 2 aromatic rings. The maximum atomic E-state index is 12.6. The molecule has 0 spiro atoms. The van der Waals surface area contributed by atoms with Crippen molar-refractivity contribution in [3.05, 3.63) is 68.5 Å². The van der Waals surface area contributed by atoms with Crippen LogP contribution in [-0.2, 0) is 20.9 Å². The second-order valence-electron chi connectivity index (χ2n) is 6.55. The average molecular weight is 520 g/mol. The highest BCUT2D eigenvalue weighted by Gasteiger charge is 2.36. The monoisotopic (exact) mass is 519 g/mol. The first kappa shape index (κ1) is 23.6. The maximum Gasteiger partial charge on any atom is 0.335 e. The van der Waals surface area contributed by atoms with E-state index in [9.17, 15) is 19.2 Å². The van der Waals surface area contributed by atoms with Gasteiger partial charge in [0.2, 0.25) is 0 Å². The molecular formula is C22H18BrNO7S. The van der Waals surface area contributed by atoms with E-state index in [1.165, 1.54) is 18.2 Å². The summed E-state index contributed by atoms with van der Waals surface area (Å²) in [5, 5.41) is 8.44. The number of imide groups is 1. The zero-order valence-electron chi connectivity index (χ0n) is 16.9. The SMILES string of the molecule is CCOC(=O)CN1C(=O)S/C(=C/c2cc(Br)ccc2OCc2ccc(C(=O)O)cc2)C1=O. The van der Waals surface area contributed by atoms with E-state index in [4.69, 9.17) is 14.6 Å². The van der Waals surface area contributed by atoms with E-state index in [1.807, 2.05) is 0 Å². The number of carbonyl (C=O) groups is 4. The zero-order chi connectivity index (χ0) is 23.3. The fourth-order valence-electron chi connectivity index (χ4n) is 2.78. The van der Waals surface area contributed by atoms with Crippen LogP contribution in [0.15, 0.2) is 51.8 Å². The lowest BCUT2D eigenvalue weighted by Crippen LogP contribution is -2.34. The quantitative estimate of drug-likeness (QED) is 0.405. The molecule has 32 heavy (non-hydrogen) atoms. The van der Waals surface area contributed by atoms with Crippen molar-refractivity contribution in [1.82, 2.24) is 4.90 Å². The first-order valence-electron chi connectivity index (χ1n) is 9.44. The van der Waals surface area contributed by atoms with Crippen LogP contribution in [0.4, 0.5) is 4.79 Å². The second-order valence-corrected chi connectivity index (χ2v) is 8.45. The van der Waals surface area contributed by atoms with Crippen LogP contribution in [0.25, 0.3) is 6.08 Å². The molecule has 0 aliphatic carbocycles. The number of carboxylic acids is 1. The first-order valence-corrected chi connectivity index (χ1v) is 11.0. The Kier molecular flexibility index (Phi) is 7.70. The summed E-state index contributed by atoms with van der Waals surface area (Å²) in [6.07, 6.45) is 1.53. The third-order valence-electron chi connectivity index (χ3n) is 4.32. The fraction of sp³-hybridized carbons (Fsp3) is 0.182. The number of carboxylic acid groups (broad SMARTS) is 1. The van der Waals surface area contributed by atoms with Gasteiger partial charge in [0.15, 0.2) is 0 Å². The molecule has 1 aliphatic rings. The highest BCUT2D eigenvalue weighted by molar-refractivity contribution is 9.10. The van der Waals surface area contributed by atoms with E-state index < -0.39 is 29.6 Å². The van der Waals surface area contributed by atoms with Gasteiger partial charge in [-0.05, 0) is 60.7 Å². The van der Waals surface area contributed by atoms with Gasteiger partial charge in [0, 0.05) is 10.0 Å². The summed E-state index contributed by atoms with van der Waals surface area (Å²) in [6.45, 7) is 1.53. The third-order valence-corrected chi connectivity index (χ3v) is 5.72. The number of hydrogen-bond acceptors (Lipinski definition) is 7. The van der Waals surface area contributed by atoms with Gasteiger partial charge in [-0.3, -0.25) is 19.3 Å². The van der Waals surface area contributed by atoms with Crippen molar-refractivity contribution in [2.45, 2.75) is 13.5 Å². The summed E-state index contributed by atoms with van der Waals surface area (Å²) in [5.41, 5.74) is 1.50. The number of aromatic carboxylic acids is 1. The van der Waals surface area contributed by atoms with Crippen LogP contribution in [0.5, 0.6) is 5.75 Å². The van der Waals surface area contributed by atoms with Crippen molar-refractivity contribution in [3.63, 3.8) is 0 Å². The van der Waals surface area contributed by atoms with E-state index in [0.717, 1.165) is 26.7 Å². The molecule has 2 amide bonds. The molecule has 10 heteroatoms. The largest absolute Gasteiger partial charge is 0.488 e. The van der Waals surface area contributed by atoms with Gasteiger partial charge in [0.05, 0.1) is 17.1 Å².